The average molecular weight is 746 g/mol. The Kier molecular flexibility index (Phi) is 34.7. The number of rotatable bonds is 40. The summed E-state index contributed by atoms with van der Waals surface area (Å²) < 4.78 is 29.4. The van der Waals surface area contributed by atoms with Crippen LogP contribution in [0.4, 0.5) is 0 Å². The maximum absolute atomic E-state index is 13.2. The predicted octanol–water partition coefficient (Wildman–Crippen LogP) is 11.0. The first kappa shape index (κ1) is 50.4. The van der Waals surface area contributed by atoms with Crippen LogP contribution in [0.5, 0.6) is 0 Å². The summed E-state index contributed by atoms with van der Waals surface area (Å²) in [6.07, 6.45) is 35.6. The number of phosphoric ester groups is 1. The lowest BCUT2D eigenvalue weighted by Crippen LogP contribution is -2.41. The van der Waals surface area contributed by atoms with Gasteiger partial charge in [0.2, 0.25) is 0 Å². The van der Waals surface area contributed by atoms with E-state index in [0.29, 0.717) is 17.6 Å². The number of hydrogen-bond donors (Lipinski definition) is 1. The lowest BCUT2D eigenvalue weighted by molar-refractivity contribution is -0.870. The number of allylic oxidation sites excluding steroid dienone is 1. The van der Waals surface area contributed by atoms with Gasteiger partial charge in [-0.2, -0.15) is 0 Å². The zero-order valence-electron chi connectivity index (χ0n) is 34.2. The fourth-order valence-electron chi connectivity index (χ4n) is 6.26. The molecule has 0 radical (unpaired) electrons. The van der Waals surface area contributed by atoms with E-state index in [9.17, 15) is 19.4 Å². The van der Waals surface area contributed by atoms with E-state index in [1.807, 2.05) is 27.2 Å². The molecule has 0 bridgehead atoms. The van der Waals surface area contributed by atoms with E-state index in [1.165, 1.54) is 147 Å². The molecule has 2 unspecified atom stereocenters. The zero-order chi connectivity index (χ0) is 37.9. The molecule has 0 saturated heterocycles. The third kappa shape index (κ3) is 34.9. The van der Waals surface area contributed by atoms with E-state index < -0.39 is 26.6 Å². The van der Waals surface area contributed by atoms with Crippen molar-refractivity contribution in [3.63, 3.8) is 0 Å². The minimum Gasteiger partial charge on any atom is -0.756 e. The normalized spacial score (nSPS) is 14.6. The zero-order valence-corrected chi connectivity index (χ0v) is 35.1. The number of hydrogen-bond acceptors (Lipinski definition) is 7. The first-order chi connectivity index (χ1) is 24.6. The highest BCUT2D eigenvalue weighted by molar-refractivity contribution is 7.45. The number of phosphoric acid groups is 1. The number of ketones is 1. The first-order valence-electron chi connectivity index (χ1n) is 21.4. The van der Waals surface area contributed by atoms with Gasteiger partial charge in [0.25, 0.3) is 7.82 Å². The van der Waals surface area contributed by atoms with Gasteiger partial charge in [0.05, 0.1) is 27.7 Å². The molecule has 0 spiro atoms. The Morgan fingerprint density at radius 3 is 1.43 bits per heavy atom. The average Bonchev–Trinajstić information content (AvgIpc) is 3.08. The summed E-state index contributed by atoms with van der Waals surface area (Å²) in [7, 11) is 1.03. The molecule has 1 N–H and O–H groups in total. The van der Waals surface area contributed by atoms with Crippen molar-refractivity contribution < 1.29 is 37.6 Å². The Hall–Kier alpha value is -0.600. The smallest absolute Gasteiger partial charge is 0.268 e. The van der Waals surface area contributed by atoms with E-state index in [1.54, 1.807) is 0 Å². The molecule has 0 fully saturated rings. The summed E-state index contributed by atoms with van der Waals surface area (Å²) in [5.74, 6) is -0.388. The Labute approximate surface area is 316 Å². The number of unbranched alkanes of at least 4 members (excludes halogenated alkanes) is 26. The lowest BCUT2D eigenvalue weighted by atomic mass is 10.0. The molecule has 0 aliphatic carbocycles. The summed E-state index contributed by atoms with van der Waals surface area (Å²) in [5, 5.41) is 10.1. The summed E-state index contributed by atoms with van der Waals surface area (Å²) in [5.41, 5.74) is 0. The molecular formula is C42H84NO7P. The highest BCUT2D eigenvalue weighted by Gasteiger charge is 2.32. The second-order valence-electron chi connectivity index (χ2n) is 15.8. The van der Waals surface area contributed by atoms with Crippen LogP contribution in [0.1, 0.15) is 194 Å². The van der Waals surface area contributed by atoms with Crippen molar-refractivity contribution in [2.75, 3.05) is 47.5 Å². The minimum absolute atomic E-state index is 0.0556. The Balaban J connectivity index is 4.60. The molecule has 0 saturated carbocycles. The van der Waals surface area contributed by atoms with Crippen molar-refractivity contribution in [3.8, 4) is 0 Å². The lowest BCUT2D eigenvalue weighted by Gasteiger charge is -2.32. The van der Waals surface area contributed by atoms with Gasteiger partial charge in [-0.15, -0.1) is 0 Å². The van der Waals surface area contributed by atoms with Gasteiger partial charge < -0.3 is 28.3 Å². The van der Waals surface area contributed by atoms with Crippen LogP contribution in [0.3, 0.4) is 0 Å². The molecule has 0 aromatic carbocycles. The Morgan fingerprint density at radius 1 is 0.647 bits per heavy atom. The van der Waals surface area contributed by atoms with Crippen molar-refractivity contribution in [1.82, 2.24) is 0 Å². The molecule has 0 aliphatic heterocycles. The van der Waals surface area contributed by atoms with Crippen LogP contribution in [0, 0.1) is 0 Å². The van der Waals surface area contributed by atoms with Crippen molar-refractivity contribution >= 4 is 13.6 Å². The number of aliphatic hydroxyl groups is 1. The molecule has 0 aromatic heterocycles. The number of nitrogens with zero attached hydrogens (tertiary/aromatic N) is 1. The maximum atomic E-state index is 13.2. The number of quaternary nitrogens is 1. The van der Waals surface area contributed by atoms with E-state index in [-0.39, 0.29) is 12.4 Å². The fraction of sp³-hybridized carbons (Fsp3) is 0.929. The highest BCUT2D eigenvalue weighted by atomic mass is 31.2. The Morgan fingerprint density at radius 2 is 1.04 bits per heavy atom. The molecular weight excluding hydrogens is 661 g/mol. The van der Waals surface area contributed by atoms with Crippen LogP contribution in [-0.2, 0) is 23.1 Å². The standard InChI is InChI=1S/C42H84NO7P/c1-6-8-10-12-14-16-18-20-22-23-25-27-29-31-33-35-40(45)42(41(39-44)50-51(46,47)49-38-36-43(3,4)5)48-37-34-32-30-28-26-24-21-19-17-15-13-11-9-7-2/h33,35,41-42,44H,6-32,34,36-39H2,1-5H3/t41-,42?/m0/s1. The van der Waals surface area contributed by atoms with Gasteiger partial charge in [0, 0.05) is 6.61 Å². The summed E-state index contributed by atoms with van der Waals surface area (Å²) >= 11 is 0. The maximum Gasteiger partial charge on any atom is 0.268 e. The second kappa shape index (κ2) is 35.1. The van der Waals surface area contributed by atoms with Gasteiger partial charge >= 0.3 is 0 Å². The number of carbonyl (C=O) groups is 1. The number of likely N-dealkylation sites (N-methyl/N-ethyl adjacent to an activating group) is 1. The molecule has 3 atom stereocenters. The van der Waals surface area contributed by atoms with Crippen LogP contribution < -0.4 is 4.89 Å². The van der Waals surface area contributed by atoms with Crippen LogP contribution >= 0.6 is 7.82 Å². The van der Waals surface area contributed by atoms with Gasteiger partial charge in [-0.3, -0.25) is 9.36 Å². The van der Waals surface area contributed by atoms with Crippen molar-refractivity contribution in [1.29, 1.82) is 0 Å². The number of ether oxygens (including phenoxy) is 1. The van der Waals surface area contributed by atoms with Gasteiger partial charge in [-0.1, -0.05) is 180 Å². The third-order valence-electron chi connectivity index (χ3n) is 9.63. The van der Waals surface area contributed by atoms with Crippen LogP contribution in [-0.4, -0.2) is 75.1 Å². The van der Waals surface area contributed by atoms with Crippen LogP contribution in [0.25, 0.3) is 0 Å². The van der Waals surface area contributed by atoms with Crippen molar-refractivity contribution in [3.05, 3.63) is 12.2 Å². The SMILES string of the molecule is CCCCCCCCCCCCCCCC=CC(=O)C(OCCCCCCCCCCCCCCCC)[C@H](CO)OP(=O)([O-])OCC[N+](C)(C)C. The molecule has 0 amide bonds. The number of carbonyl (C=O) groups excluding carboxylic acids is 1. The molecule has 9 heteroatoms. The summed E-state index contributed by atoms with van der Waals surface area (Å²) in [4.78, 5) is 25.9. The van der Waals surface area contributed by atoms with Crippen molar-refractivity contribution in [2.24, 2.45) is 0 Å². The van der Waals surface area contributed by atoms with Crippen molar-refractivity contribution in [2.45, 2.75) is 206 Å². The molecule has 51 heavy (non-hydrogen) atoms. The molecule has 0 aromatic rings. The third-order valence-corrected chi connectivity index (χ3v) is 10.7. The minimum atomic E-state index is -4.76. The van der Waals surface area contributed by atoms with E-state index in [4.69, 9.17) is 13.8 Å². The molecule has 8 nitrogen and oxygen atoms in total. The van der Waals surface area contributed by atoms with Crippen LogP contribution in [0.2, 0.25) is 0 Å². The second-order valence-corrected chi connectivity index (χ2v) is 17.2. The van der Waals surface area contributed by atoms with Gasteiger partial charge in [-0.25, -0.2) is 0 Å². The Bertz CT molecular complexity index is 848. The number of aliphatic hydroxyl groups excluding tert-OH is 1. The summed E-state index contributed by atoms with van der Waals surface area (Å²) in [6.45, 7) is 4.54. The molecule has 0 heterocycles. The van der Waals surface area contributed by atoms with Gasteiger partial charge in [0.15, 0.2) is 5.78 Å². The van der Waals surface area contributed by atoms with Gasteiger partial charge in [0.1, 0.15) is 25.4 Å². The van der Waals surface area contributed by atoms with E-state index in [2.05, 4.69) is 13.8 Å². The van der Waals surface area contributed by atoms with Gasteiger partial charge in [-0.05, 0) is 25.3 Å². The monoisotopic (exact) mass is 746 g/mol. The molecule has 0 rings (SSSR count). The van der Waals surface area contributed by atoms with E-state index >= 15 is 0 Å². The first-order valence-corrected chi connectivity index (χ1v) is 22.9. The van der Waals surface area contributed by atoms with E-state index in [0.717, 1.165) is 38.5 Å². The topological polar surface area (TPSA) is 105 Å². The quantitative estimate of drug-likeness (QED) is 0.0288. The fourth-order valence-corrected chi connectivity index (χ4v) is 7.14. The molecule has 0 aliphatic rings. The molecule has 304 valence electrons. The predicted molar refractivity (Wildman–Crippen MR) is 213 cm³/mol. The summed E-state index contributed by atoms with van der Waals surface area (Å²) in [6, 6.07) is 0. The largest absolute Gasteiger partial charge is 0.756 e. The van der Waals surface area contributed by atoms with Crippen LogP contribution in [0.15, 0.2) is 12.2 Å². The highest BCUT2D eigenvalue weighted by Crippen LogP contribution is 2.40.